The van der Waals surface area contributed by atoms with Gasteiger partial charge in [-0.3, -0.25) is 0 Å². The molecule has 176 valence electrons. The van der Waals surface area contributed by atoms with Crippen molar-refractivity contribution >= 4 is 16.7 Å². The quantitative estimate of drug-likeness (QED) is 0.465. The fraction of sp³-hybridized carbons (Fsp3) is 0.500. The third-order valence-electron chi connectivity index (χ3n) is 6.57. The van der Waals surface area contributed by atoms with E-state index in [1.807, 2.05) is 13.8 Å². The molecule has 1 aliphatic heterocycles. The number of piperidine rings is 1. The summed E-state index contributed by atoms with van der Waals surface area (Å²) in [6.07, 6.45) is 4.67. The van der Waals surface area contributed by atoms with Gasteiger partial charge in [0.1, 0.15) is 17.4 Å². The van der Waals surface area contributed by atoms with Gasteiger partial charge in [-0.25, -0.2) is 9.97 Å². The molecular weight excluding hydrogens is 408 g/mol. The molecule has 1 aromatic heterocycles. The second-order valence-electron chi connectivity index (χ2n) is 9.27. The number of hydrogen-bond acceptors (Lipinski definition) is 5. The van der Waals surface area contributed by atoms with E-state index >= 15 is 0 Å². The molecule has 33 heavy (non-hydrogen) atoms. The molecule has 0 amide bonds. The van der Waals surface area contributed by atoms with Crippen LogP contribution in [-0.4, -0.2) is 49.2 Å². The highest BCUT2D eigenvalue weighted by molar-refractivity contribution is 5.90. The average Bonchev–Trinajstić information content (AvgIpc) is 3.70. The van der Waals surface area contributed by atoms with Crippen molar-refractivity contribution in [3.8, 4) is 5.75 Å². The van der Waals surface area contributed by atoms with Crippen LogP contribution in [0.2, 0.25) is 0 Å². The lowest BCUT2D eigenvalue weighted by Crippen LogP contribution is -2.34. The third kappa shape index (κ3) is 5.30. The van der Waals surface area contributed by atoms with Crippen molar-refractivity contribution in [2.75, 3.05) is 39.2 Å². The first-order valence-electron chi connectivity index (χ1n) is 12.5. The summed E-state index contributed by atoms with van der Waals surface area (Å²) >= 11 is 0. The zero-order valence-corrected chi connectivity index (χ0v) is 20.8. The maximum absolute atomic E-state index is 5.62. The van der Waals surface area contributed by atoms with Crippen LogP contribution in [-0.2, 0) is 6.54 Å². The van der Waals surface area contributed by atoms with Crippen molar-refractivity contribution in [3.63, 3.8) is 0 Å². The minimum atomic E-state index is 0.535. The summed E-state index contributed by atoms with van der Waals surface area (Å²) in [4.78, 5) is 14.7. The highest BCUT2D eigenvalue weighted by Crippen LogP contribution is 2.41. The van der Waals surface area contributed by atoms with Crippen molar-refractivity contribution < 1.29 is 4.74 Å². The lowest BCUT2D eigenvalue weighted by Gasteiger charge is -2.34. The van der Waals surface area contributed by atoms with Crippen LogP contribution in [0.3, 0.4) is 0 Å². The van der Waals surface area contributed by atoms with Crippen molar-refractivity contribution in [2.24, 2.45) is 0 Å². The van der Waals surface area contributed by atoms with E-state index in [-0.39, 0.29) is 0 Å². The van der Waals surface area contributed by atoms with Crippen LogP contribution in [0.1, 0.15) is 68.3 Å². The molecule has 0 atom stereocenters. The molecule has 1 saturated heterocycles. The van der Waals surface area contributed by atoms with Crippen LogP contribution in [0.15, 0.2) is 42.5 Å². The zero-order chi connectivity index (χ0) is 23.4. The predicted octanol–water partition coefficient (Wildman–Crippen LogP) is 5.99. The normalized spacial score (nSPS) is 16.6. The molecule has 5 nitrogen and oxygen atoms in total. The van der Waals surface area contributed by atoms with Crippen molar-refractivity contribution in [1.29, 1.82) is 0 Å². The topological polar surface area (TPSA) is 41.5 Å². The average molecular weight is 447 g/mol. The summed E-state index contributed by atoms with van der Waals surface area (Å²) < 4.78 is 5.62. The Morgan fingerprint density at radius 3 is 2.33 bits per heavy atom. The number of nitrogens with zero attached hydrogens (tertiary/aromatic N) is 4. The first-order valence-corrected chi connectivity index (χ1v) is 12.5. The molecule has 2 aliphatic rings. The maximum atomic E-state index is 5.62. The molecule has 2 aromatic carbocycles. The van der Waals surface area contributed by atoms with Gasteiger partial charge in [0.15, 0.2) is 0 Å². The predicted molar refractivity (Wildman–Crippen MR) is 137 cm³/mol. The van der Waals surface area contributed by atoms with Crippen molar-refractivity contribution in [3.05, 3.63) is 59.4 Å². The van der Waals surface area contributed by atoms with Crippen LogP contribution >= 0.6 is 0 Å². The van der Waals surface area contributed by atoms with Gasteiger partial charge in [-0.1, -0.05) is 38.1 Å². The summed E-state index contributed by atoms with van der Waals surface area (Å²) in [5.74, 6) is 4.27. The van der Waals surface area contributed by atoms with Gasteiger partial charge in [-0.2, -0.15) is 0 Å². The fourth-order valence-electron chi connectivity index (χ4n) is 4.81. The molecule has 1 saturated carbocycles. The molecule has 2 fully saturated rings. The van der Waals surface area contributed by atoms with Crippen LogP contribution in [0, 0.1) is 0 Å². The van der Waals surface area contributed by atoms with Gasteiger partial charge in [-0.05, 0) is 75.0 Å². The molecule has 0 N–H and O–H groups in total. The molecule has 1 aliphatic carbocycles. The number of anilines is 1. The highest BCUT2D eigenvalue weighted by atomic mass is 16.5. The Morgan fingerprint density at radius 1 is 0.939 bits per heavy atom. The zero-order valence-electron chi connectivity index (χ0n) is 20.8. The van der Waals surface area contributed by atoms with E-state index in [4.69, 9.17) is 14.7 Å². The Labute approximate surface area is 198 Å². The van der Waals surface area contributed by atoms with E-state index in [0.29, 0.717) is 11.8 Å². The first kappa shape index (κ1) is 23.5. The minimum absolute atomic E-state index is 0.535. The first-order chi connectivity index (χ1) is 16.1. The molecule has 0 radical (unpaired) electrons. The van der Waals surface area contributed by atoms with E-state index in [0.717, 1.165) is 55.4 Å². The summed E-state index contributed by atoms with van der Waals surface area (Å²) in [5, 5.41) is 1.19. The van der Waals surface area contributed by atoms with Crippen molar-refractivity contribution in [1.82, 2.24) is 14.9 Å². The number of aromatic nitrogens is 2. The maximum Gasteiger partial charge on any atom is 0.140 e. The van der Waals surface area contributed by atoms with Gasteiger partial charge in [0.2, 0.25) is 0 Å². The second-order valence-corrected chi connectivity index (χ2v) is 9.27. The van der Waals surface area contributed by atoms with Gasteiger partial charge < -0.3 is 14.5 Å². The Hall–Kier alpha value is -2.66. The number of para-hydroxylation sites is 1. The number of ether oxygens (including phenoxy) is 1. The van der Waals surface area contributed by atoms with Gasteiger partial charge in [0, 0.05) is 30.9 Å². The van der Waals surface area contributed by atoms with Gasteiger partial charge in [0.25, 0.3) is 0 Å². The van der Waals surface area contributed by atoms with E-state index in [1.165, 1.54) is 29.4 Å². The number of fused-ring (bicyclic) bond motifs is 1. The molecule has 0 spiro atoms. The Bertz CT molecular complexity index is 1070. The SMILES string of the molecule is CC.COc1ccccc1C1CCN(c2nc(C3CC3)nc3ccc(CN(C)C)cc23)CC1. The van der Waals surface area contributed by atoms with E-state index in [2.05, 4.69) is 66.4 Å². The number of rotatable bonds is 6. The van der Waals surface area contributed by atoms with E-state index in [9.17, 15) is 0 Å². The van der Waals surface area contributed by atoms with Gasteiger partial charge >= 0.3 is 0 Å². The lowest BCUT2D eigenvalue weighted by atomic mass is 9.88. The van der Waals surface area contributed by atoms with Crippen LogP contribution < -0.4 is 9.64 Å². The molecule has 5 heteroatoms. The smallest absolute Gasteiger partial charge is 0.140 e. The lowest BCUT2D eigenvalue weighted by molar-refractivity contribution is 0.397. The van der Waals surface area contributed by atoms with Crippen LogP contribution in [0.4, 0.5) is 5.82 Å². The number of methoxy groups -OCH3 is 1. The fourth-order valence-corrected chi connectivity index (χ4v) is 4.81. The third-order valence-corrected chi connectivity index (χ3v) is 6.57. The Morgan fingerprint density at radius 2 is 1.67 bits per heavy atom. The number of benzene rings is 2. The Kier molecular flexibility index (Phi) is 7.49. The summed E-state index contributed by atoms with van der Waals surface area (Å²) in [7, 11) is 5.99. The van der Waals surface area contributed by atoms with Crippen LogP contribution in [0.5, 0.6) is 5.75 Å². The molecule has 0 bridgehead atoms. The van der Waals surface area contributed by atoms with Crippen molar-refractivity contribution in [2.45, 2.75) is 57.9 Å². The minimum Gasteiger partial charge on any atom is -0.496 e. The monoisotopic (exact) mass is 446 g/mol. The van der Waals surface area contributed by atoms with E-state index in [1.54, 1.807) is 7.11 Å². The summed E-state index contributed by atoms with van der Waals surface area (Å²) in [5.41, 5.74) is 3.73. The second kappa shape index (κ2) is 10.5. The highest BCUT2D eigenvalue weighted by Gasteiger charge is 2.30. The van der Waals surface area contributed by atoms with Gasteiger partial charge in [-0.15, -0.1) is 0 Å². The van der Waals surface area contributed by atoms with E-state index < -0.39 is 0 Å². The number of hydrogen-bond donors (Lipinski definition) is 0. The van der Waals surface area contributed by atoms with Gasteiger partial charge in [0.05, 0.1) is 12.6 Å². The molecular formula is C28H38N4O. The standard InChI is InChI=1S/C26H32N4O.C2H6/c1-29(2)17-18-8-11-23-22(16-18)26(28-25(27-23)20-9-10-20)30-14-12-19(13-15-30)21-6-4-5-7-24(21)31-3;1-2/h4-8,11,16,19-20H,9-10,12-15,17H2,1-3H3;1-2H3. The largest absolute Gasteiger partial charge is 0.496 e. The molecule has 0 unspecified atom stereocenters. The Balaban J connectivity index is 0.00000126. The molecule has 3 aromatic rings. The molecule has 5 rings (SSSR count). The summed E-state index contributed by atoms with van der Waals surface area (Å²) in [6, 6.07) is 15.2. The summed E-state index contributed by atoms with van der Waals surface area (Å²) in [6.45, 7) is 6.95. The van der Waals surface area contributed by atoms with Crippen LogP contribution in [0.25, 0.3) is 10.9 Å². The molecule has 2 heterocycles.